The number of carbonyl (C=O) groups excluding carboxylic acids is 2. The van der Waals surface area contributed by atoms with Crippen LogP contribution >= 0.6 is 11.6 Å². The van der Waals surface area contributed by atoms with E-state index in [-0.39, 0.29) is 28.5 Å². The number of hydrogen-bond acceptors (Lipinski definition) is 6. The van der Waals surface area contributed by atoms with E-state index in [9.17, 15) is 9.59 Å². The zero-order valence-corrected chi connectivity index (χ0v) is 15.5. The standard InChI is InChI=1S/C18H18ClNO6/c1-23-13-9-12(18(22)26-4)14(16(25-3)15(13)24-2)20-17(21)10-5-7-11(19)8-6-10/h5-9H,1-4H3,(H,20,21). The van der Waals surface area contributed by atoms with Gasteiger partial charge in [0.1, 0.15) is 5.69 Å². The number of halogens is 1. The molecule has 0 aliphatic heterocycles. The lowest BCUT2D eigenvalue weighted by molar-refractivity contribution is 0.0601. The molecule has 1 amide bonds. The SMILES string of the molecule is COC(=O)c1cc(OC)c(OC)c(OC)c1NC(=O)c1ccc(Cl)cc1. The van der Waals surface area contributed by atoms with Gasteiger partial charge in [-0.15, -0.1) is 0 Å². The number of carbonyl (C=O) groups is 2. The number of amides is 1. The van der Waals surface area contributed by atoms with E-state index in [4.69, 9.17) is 30.5 Å². The van der Waals surface area contributed by atoms with Gasteiger partial charge in [0.05, 0.1) is 34.0 Å². The van der Waals surface area contributed by atoms with Crippen LogP contribution in [0.5, 0.6) is 17.2 Å². The quantitative estimate of drug-likeness (QED) is 0.774. The molecule has 0 spiro atoms. The Morgan fingerprint density at radius 2 is 1.54 bits per heavy atom. The summed E-state index contributed by atoms with van der Waals surface area (Å²) in [6, 6.07) is 7.70. The van der Waals surface area contributed by atoms with Crippen LogP contribution in [-0.4, -0.2) is 40.3 Å². The Balaban J connectivity index is 2.58. The summed E-state index contributed by atoms with van der Waals surface area (Å²) in [4.78, 5) is 24.8. The summed E-state index contributed by atoms with van der Waals surface area (Å²) in [7, 11) is 5.46. The predicted molar refractivity (Wildman–Crippen MR) is 96.8 cm³/mol. The van der Waals surface area contributed by atoms with Crippen molar-refractivity contribution in [3.05, 3.63) is 46.5 Å². The van der Waals surface area contributed by atoms with Crippen LogP contribution < -0.4 is 19.5 Å². The van der Waals surface area contributed by atoms with Crippen LogP contribution in [0.1, 0.15) is 20.7 Å². The molecule has 2 aromatic carbocycles. The van der Waals surface area contributed by atoms with Crippen LogP contribution in [0, 0.1) is 0 Å². The molecule has 0 radical (unpaired) electrons. The van der Waals surface area contributed by atoms with Crippen molar-refractivity contribution in [2.75, 3.05) is 33.8 Å². The maximum atomic E-state index is 12.6. The zero-order valence-electron chi connectivity index (χ0n) is 14.7. The summed E-state index contributed by atoms with van der Waals surface area (Å²) < 4.78 is 20.7. The molecule has 0 heterocycles. The summed E-state index contributed by atoms with van der Waals surface area (Å²) in [5.41, 5.74) is 0.517. The van der Waals surface area contributed by atoms with Crippen LogP contribution in [0.15, 0.2) is 30.3 Å². The number of methoxy groups -OCH3 is 4. The molecular weight excluding hydrogens is 362 g/mol. The van der Waals surface area contributed by atoms with Gasteiger partial charge in [0.25, 0.3) is 5.91 Å². The molecule has 0 bridgehead atoms. The largest absolute Gasteiger partial charge is 0.493 e. The average molecular weight is 380 g/mol. The van der Waals surface area contributed by atoms with E-state index < -0.39 is 11.9 Å². The van der Waals surface area contributed by atoms with Crippen molar-refractivity contribution in [2.45, 2.75) is 0 Å². The number of benzene rings is 2. The van der Waals surface area contributed by atoms with Crippen molar-refractivity contribution >= 4 is 29.2 Å². The Morgan fingerprint density at radius 3 is 2.04 bits per heavy atom. The molecule has 0 unspecified atom stereocenters. The third-order valence-electron chi connectivity index (χ3n) is 3.58. The molecule has 7 nitrogen and oxygen atoms in total. The molecule has 26 heavy (non-hydrogen) atoms. The number of ether oxygens (including phenoxy) is 4. The van der Waals surface area contributed by atoms with Gasteiger partial charge in [-0.25, -0.2) is 4.79 Å². The topological polar surface area (TPSA) is 83.1 Å². The summed E-state index contributed by atoms with van der Waals surface area (Å²) in [6.45, 7) is 0. The highest BCUT2D eigenvalue weighted by Gasteiger charge is 2.26. The molecule has 1 N–H and O–H groups in total. The molecule has 0 fully saturated rings. The molecule has 0 aliphatic rings. The summed E-state index contributed by atoms with van der Waals surface area (Å²) >= 11 is 5.84. The third-order valence-corrected chi connectivity index (χ3v) is 3.83. The first-order chi connectivity index (χ1) is 12.5. The minimum Gasteiger partial charge on any atom is -0.493 e. The van der Waals surface area contributed by atoms with E-state index in [1.54, 1.807) is 24.3 Å². The Hall–Kier alpha value is -2.93. The van der Waals surface area contributed by atoms with Gasteiger partial charge < -0.3 is 24.3 Å². The van der Waals surface area contributed by atoms with Gasteiger partial charge in [0.15, 0.2) is 11.5 Å². The summed E-state index contributed by atoms with van der Waals surface area (Å²) in [6.07, 6.45) is 0. The Bertz CT molecular complexity index is 819. The van der Waals surface area contributed by atoms with Gasteiger partial charge >= 0.3 is 5.97 Å². The van der Waals surface area contributed by atoms with Crippen molar-refractivity contribution in [2.24, 2.45) is 0 Å². The lowest BCUT2D eigenvalue weighted by Crippen LogP contribution is -2.17. The van der Waals surface area contributed by atoms with E-state index in [0.717, 1.165) is 0 Å². The average Bonchev–Trinajstić information content (AvgIpc) is 2.66. The van der Waals surface area contributed by atoms with Crippen LogP contribution in [-0.2, 0) is 4.74 Å². The molecule has 0 saturated heterocycles. The number of anilines is 1. The Kier molecular flexibility index (Phi) is 6.30. The van der Waals surface area contributed by atoms with Gasteiger partial charge in [-0.05, 0) is 24.3 Å². The van der Waals surface area contributed by atoms with Gasteiger partial charge in [-0.2, -0.15) is 0 Å². The van der Waals surface area contributed by atoms with Gasteiger partial charge in [-0.3, -0.25) is 4.79 Å². The van der Waals surface area contributed by atoms with Crippen molar-refractivity contribution in [1.82, 2.24) is 0 Å². The number of nitrogens with one attached hydrogen (secondary N) is 1. The molecule has 2 aromatic rings. The normalized spacial score (nSPS) is 10.0. The number of esters is 1. The molecule has 2 rings (SSSR count). The zero-order chi connectivity index (χ0) is 19.3. The summed E-state index contributed by atoms with van der Waals surface area (Å²) in [5.74, 6) is -0.508. The molecule has 0 atom stereocenters. The van der Waals surface area contributed by atoms with Crippen LogP contribution in [0.2, 0.25) is 5.02 Å². The van der Waals surface area contributed by atoms with Crippen molar-refractivity contribution in [1.29, 1.82) is 0 Å². The van der Waals surface area contributed by atoms with Crippen molar-refractivity contribution < 1.29 is 28.5 Å². The van der Waals surface area contributed by atoms with Gasteiger partial charge in [-0.1, -0.05) is 11.6 Å². The fraction of sp³-hybridized carbons (Fsp3) is 0.222. The smallest absolute Gasteiger partial charge is 0.340 e. The fourth-order valence-corrected chi connectivity index (χ4v) is 2.46. The Labute approximate surface area is 155 Å². The first-order valence-electron chi connectivity index (χ1n) is 7.45. The van der Waals surface area contributed by atoms with E-state index in [1.165, 1.54) is 34.5 Å². The first-order valence-corrected chi connectivity index (χ1v) is 7.82. The monoisotopic (exact) mass is 379 g/mol. The third kappa shape index (κ3) is 3.83. The summed E-state index contributed by atoms with van der Waals surface area (Å²) in [5, 5.41) is 3.16. The molecule has 8 heteroatoms. The second kappa shape index (κ2) is 8.44. The maximum absolute atomic E-state index is 12.6. The Morgan fingerprint density at radius 1 is 0.923 bits per heavy atom. The highest BCUT2D eigenvalue weighted by atomic mass is 35.5. The molecule has 0 aromatic heterocycles. The van der Waals surface area contributed by atoms with E-state index in [2.05, 4.69) is 5.32 Å². The molecular formula is C18H18ClNO6. The molecule has 0 aliphatic carbocycles. The number of rotatable bonds is 6. The van der Waals surface area contributed by atoms with Crippen molar-refractivity contribution in [3.63, 3.8) is 0 Å². The predicted octanol–water partition coefficient (Wildman–Crippen LogP) is 3.40. The maximum Gasteiger partial charge on any atom is 0.340 e. The highest BCUT2D eigenvalue weighted by Crippen LogP contribution is 2.45. The fourth-order valence-electron chi connectivity index (χ4n) is 2.34. The van der Waals surface area contributed by atoms with Crippen molar-refractivity contribution in [3.8, 4) is 17.2 Å². The lowest BCUT2D eigenvalue weighted by atomic mass is 10.1. The molecule has 138 valence electrons. The number of hydrogen-bond donors (Lipinski definition) is 1. The van der Waals surface area contributed by atoms with Gasteiger partial charge in [0, 0.05) is 16.7 Å². The highest BCUT2D eigenvalue weighted by molar-refractivity contribution is 6.30. The van der Waals surface area contributed by atoms with Crippen LogP contribution in [0.25, 0.3) is 0 Å². The van der Waals surface area contributed by atoms with E-state index in [0.29, 0.717) is 10.6 Å². The first kappa shape index (κ1) is 19.4. The van der Waals surface area contributed by atoms with E-state index in [1.807, 2.05) is 0 Å². The minimum atomic E-state index is -0.671. The van der Waals surface area contributed by atoms with Crippen LogP contribution in [0.4, 0.5) is 5.69 Å². The van der Waals surface area contributed by atoms with Gasteiger partial charge in [0.2, 0.25) is 5.75 Å². The van der Waals surface area contributed by atoms with E-state index >= 15 is 0 Å². The lowest BCUT2D eigenvalue weighted by Gasteiger charge is -2.19. The van der Waals surface area contributed by atoms with Crippen LogP contribution in [0.3, 0.4) is 0 Å². The molecule has 0 saturated carbocycles. The second-order valence-electron chi connectivity index (χ2n) is 5.02. The second-order valence-corrected chi connectivity index (χ2v) is 5.46. The minimum absolute atomic E-state index is 0.0595.